The number of nitrogens with one attached hydrogen (secondary N) is 1. The normalized spacial score (nSPS) is 10.9. The number of benzene rings is 1. The van der Waals surface area contributed by atoms with Crippen LogP contribution in [-0.2, 0) is 9.59 Å². The van der Waals surface area contributed by atoms with Gasteiger partial charge in [0, 0.05) is 20.5 Å². The second-order valence-corrected chi connectivity index (χ2v) is 5.47. The third-order valence-electron chi connectivity index (χ3n) is 3.25. The lowest BCUT2D eigenvalue weighted by Crippen LogP contribution is -2.39. The van der Waals surface area contributed by atoms with Crippen molar-refractivity contribution in [2.24, 2.45) is 5.41 Å². The SMILES string of the molecule is CC(=O)N(C)c1ccccc1C(=O)NCC(C)(C)C(=O)O. The van der Waals surface area contributed by atoms with E-state index in [0.717, 1.165) is 0 Å². The van der Waals surface area contributed by atoms with Gasteiger partial charge < -0.3 is 15.3 Å². The van der Waals surface area contributed by atoms with E-state index in [1.165, 1.54) is 25.7 Å². The summed E-state index contributed by atoms with van der Waals surface area (Å²) in [5, 5.41) is 11.6. The van der Waals surface area contributed by atoms with Gasteiger partial charge in [-0.2, -0.15) is 0 Å². The van der Waals surface area contributed by atoms with Crippen LogP contribution in [0.3, 0.4) is 0 Å². The maximum Gasteiger partial charge on any atom is 0.310 e. The first-order valence-electron chi connectivity index (χ1n) is 6.51. The van der Waals surface area contributed by atoms with E-state index in [1.807, 2.05) is 0 Å². The van der Waals surface area contributed by atoms with Crippen molar-refractivity contribution in [3.05, 3.63) is 29.8 Å². The van der Waals surface area contributed by atoms with Crippen molar-refractivity contribution < 1.29 is 19.5 Å². The van der Waals surface area contributed by atoms with Gasteiger partial charge in [-0.1, -0.05) is 12.1 Å². The van der Waals surface area contributed by atoms with Gasteiger partial charge in [-0.15, -0.1) is 0 Å². The van der Waals surface area contributed by atoms with Crippen LogP contribution in [-0.4, -0.2) is 36.5 Å². The Labute approximate surface area is 123 Å². The van der Waals surface area contributed by atoms with Crippen LogP contribution in [0.2, 0.25) is 0 Å². The Morgan fingerprint density at radius 1 is 1.24 bits per heavy atom. The van der Waals surface area contributed by atoms with Gasteiger partial charge in [0.2, 0.25) is 5.91 Å². The first-order valence-corrected chi connectivity index (χ1v) is 6.51. The molecule has 2 amide bonds. The minimum atomic E-state index is -1.06. The molecule has 1 aromatic carbocycles. The fraction of sp³-hybridized carbons (Fsp3) is 0.400. The second kappa shape index (κ2) is 6.39. The van der Waals surface area contributed by atoms with Crippen LogP contribution in [0.5, 0.6) is 0 Å². The first kappa shape index (κ1) is 16.7. The molecule has 0 atom stereocenters. The largest absolute Gasteiger partial charge is 0.481 e. The molecule has 2 N–H and O–H groups in total. The molecule has 0 bridgehead atoms. The van der Waals surface area contributed by atoms with Gasteiger partial charge in [0.15, 0.2) is 0 Å². The van der Waals surface area contributed by atoms with E-state index in [2.05, 4.69) is 5.32 Å². The Hall–Kier alpha value is -2.37. The van der Waals surface area contributed by atoms with E-state index in [-0.39, 0.29) is 12.5 Å². The lowest BCUT2D eigenvalue weighted by molar-refractivity contribution is -0.146. The molecule has 0 spiro atoms. The van der Waals surface area contributed by atoms with Crippen molar-refractivity contribution in [3.63, 3.8) is 0 Å². The van der Waals surface area contributed by atoms with Gasteiger partial charge in [0.05, 0.1) is 16.7 Å². The fourth-order valence-corrected chi connectivity index (χ4v) is 1.60. The molecule has 0 aliphatic carbocycles. The van der Waals surface area contributed by atoms with E-state index in [4.69, 9.17) is 5.11 Å². The molecule has 0 unspecified atom stereocenters. The van der Waals surface area contributed by atoms with Gasteiger partial charge in [-0.25, -0.2) is 0 Å². The van der Waals surface area contributed by atoms with Crippen LogP contribution in [0.1, 0.15) is 31.1 Å². The maximum absolute atomic E-state index is 12.2. The van der Waals surface area contributed by atoms with Gasteiger partial charge in [0.25, 0.3) is 5.91 Å². The Morgan fingerprint density at radius 3 is 2.33 bits per heavy atom. The molecule has 1 aromatic rings. The van der Waals surface area contributed by atoms with E-state index < -0.39 is 17.3 Å². The molecule has 21 heavy (non-hydrogen) atoms. The third kappa shape index (κ3) is 4.05. The molecule has 1 rings (SSSR count). The van der Waals surface area contributed by atoms with Crippen LogP contribution >= 0.6 is 0 Å². The summed E-state index contributed by atoms with van der Waals surface area (Å²) in [6.07, 6.45) is 0. The number of carboxylic acids is 1. The highest BCUT2D eigenvalue weighted by molar-refractivity contribution is 6.04. The number of nitrogens with zero attached hydrogens (tertiary/aromatic N) is 1. The van der Waals surface area contributed by atoms with Crippen molar-refractivity contribution in [2.75, 3.05) is 18.5 Å². The summed E-state index contributed by atoms with van der Waals surface area (Å²) in [5.74, 6) is -1.59. The average molecular weight is 292 g/mol. The number of rotatable bonds is 5. The Bertz CT molecular complexity index is 567. The van der Waals surface area contributed by atoms with Crippen LogP contribution in [0.25, 0.3) is 0 Å². The van der Waals surface area contributed by atoms with Gasteiger partial charge in [-0.3, -0.25) is 14.4 Å². The molecule has 0 heterocycles. The molecular formula is C15H20N2O4. The summed E-state index contributed by atoms with van der Waals surface area (Å²) in [7, 11) is 1.58. The zero-order valence-corrected chi connectivity index (χ0v) is 12.6. The van der Waals surface area contributed by atoms with E-state index in [1.54, 1.807) is 31.3 Å². The quantitative estimate of drug-likeness (QED) is 0.861. The topological polar surface area (TPSA) is 86.7 Å². The van der Waals surface area contributed by atoms with Crippen LogP contribution in [0.15, 0.2) is 24.3 Å². The number of carboxylic acid groups (broad SMARTS) is 1. The highest BCUT2D eigenvalue weighted by Gasteiger charge is 2.28. The highest BCUT2D eigenvalue weighted by Crippen LogP contribution is 2.20. The standard InChI is InChI=1S/C15H20N2O4/c1-10(18)17(4)12-8-6-5-7-11(12)13(19)16-9-15(2,3)14(20)21/h5-8H,9H2,1-4H3,(H,16,19)(H,20,21). The summed E-state index contributed by atoms with van der Waals surface area (Å²) < 4.78 is 0. The number of anilines is 1. The predicted octanol–water partition coefficient (Wildman–Crippen LogP) is 1.51. The number of carbonyl (C=O) groups excluding carboxylic acids is 2. The van der Waals surface area contributed by atoms with Crippen LogP contribution in [0.4, 0.5) is 5.69 Å². The smallest absolute Gasteiger partial charge is 0.310 e. The molecule has 0 saturated carbocycles. The summed E-state index contributed by atoms with van der Waals surface area (Å²) in [5.41, 5.74) is -0.246. The second-order valence-electron chi connectivity index (χ2n) is 5.47. The molecule has 0 aromatic heterocycles. The van der Waals surface area contributed by atoms with Gasteiger partial charge >= 0.3 is 5.97 Å². The Balaban J connectivity index is 2.94. The third-order valence-corrected chi connectivity index (χ3v) is 3.25. The molecule has 0 radical (unpaired) electrons. The fourth-order valence-electron chi connectivity index (χ4n) is 1.60. The summed E-state index contributed by atoms with van der Waals surface area (Å²) in [4.78, 5) is 36.1. The monoisotopic (exact) mass is 292 g/mol. The number of amides is 2. The molecule has 0 fully saturated rings. The van der Waals surface area contributed by atoms with E-state index in [9.17, 15) is 14.4 Å². The maximum atomic E-state index is 12.2. The molecule has 0 aliphatic heterocycles. The zero-order chi connectivity index (χ0) is 16.2. The van der Waals surface area contributed by atoms with Gasteiger partial charge in [-0.05, 0) is 26.0 Å². The highest BCUT2D eigenvalue weighted by atomic mass is 16.4. The number of carbonyl (C=O) groups is 3. The average Bonchev–Trinajstić information content (AvgIpc) is 2.43. The first-order chi connectivity index (χ1) is 9.66. The van der Waals surface area contributed by atoms with Crippen LogP contribution < -0.4 is 10.2 Å². The number of aliphatic carboxylic acids is 1. The van der Waals surface area contributed by atoms with Gasteiger partial charge in [0.1, 0.15) is 0 Å². The van der Waals surface area contributed by atoms with Crippen LogP contribution in [0, 0.1) is 5.41 Å². The lowest BCUT2D eigenvalue weighted by atomic mass is 9.94. The lowest BCUT2D eigenvalue weighted by Gasteiger charge is -2.22. The Kier molecular flexibility index (Phi) is 5.07. The van der Waals surface area contributed by atoms with Crippen molar-refractivity contribution >= 4 is 23.5 Å². The summed E-state index contributed by atoms with van der Waals surface area (Å²) >= 11 is 0. The van der Waals surface area contributed by atoms with E-state index >= 15 is 0 Å². The van der Waals surface area contributed by atoms with Crippen molar-refractivity contribution in [1.82, 2.24) is 5.32 Å². The molecule has 114 valence electrons. The molecule has 6 heteroatoms. The summed E-state index contributed by atoms with van der Waals surface area (Å²) in [6.45, 7) is 4.47. The number of hydrogen-bond donors (Lipinski definition) is 2. The Morgan fingerprint density at radius 2 is 1.81 bits per heavy atom. The van der Waals surface area contributed by atoms with Crippen molar-refractivity contribution in [2.45, 2.75) is 20.8 Å². The van der Waals surface area contributed by atoms with Crippen molar-refractivity contribution in [3.8, 4) is 0 Å². The molecule has 6 nitrogen and oxygen atoms in total. The molecular weight excluding hydrogens is 272 g/mol. The number of hydrogen-bond acceptors (Lipinski definition) is 3. The number of para-hydroxylation sites is 1. The van der Waals surface area contributed by atoms with Crippen molar-refractivity contribution in [1.29, 1.82) is 0 Å². The predicted molar refractivity (Wildman–Crippen MR) is 79.3 cm³/mol. The minimum Gasteiger partial charge on any atom is -0.481 e. The molecule has 0 saturated heterocycles. The minimum absolute atomic E-state index is 0.000708. The van der Waals surface area contributed by atoms with E-state index in [0.29, 0.717) is 11.3 Å². The summed E-state index contributed by atoms with van der Waals surface area (Å²) in [6, 6.07) is 6.68. The molecule has 0 aliphatic rings. The zero-order valence-electron chi connectivity index (χ0n) is 12.6.